The lowest BCUT2D eigenvalue weighted by Gasteiger charge is -1.99. The predicted octanol–water partition coefficient (Wildman–Crippen LogP) is 3.46. The quantitative estimate of drug-likeness (QED) is 0.929. The Bertz CT molecular complexity index is 586. The van der Waals surface area contributed by atoms with Crippen LogP contribution in [-0.2, 0) is 19.3 Å². The SMILES string of the molecule is CC(C)CCc1noc(-c2c(N)sc3c2CCC3)n1. The van der Waals surface area contributed by atoms with Crippen molar-refractivity contribution >= 4 is 16.3 Å². The van der Waals surface area contributed by atoms with E-state index in [4.69, 9.17) is 10.3 Å². The zero-order valence-electron chi connectivity index (χ0n) is 11.4. The van der Waals surface area contributed by atoms with Gasteiger partial charge in [0.1, 0.15) is 0 Å². The summed E-state index contributed by atoms with van der Waals surface area (Å²) in [4.78, 5) is 5.91. The number of nitrogen functional groups attached to an aromatic ring is 1. The first-order valence-electron chi connectivity index (χ1n) is 6.88. The number of nitrogens with zero attached hydrogens (tertiary/aromatic N) is 2. The van der Waals surface area contributed by atoms with E-state index < -0.39 is 0 Å². The van der Waals surface area contributed by atoms with Gasteiger partial charge in [-0.25, -0.2) is 0 Å². The second-order valence-electron chi connectivity index (χ2n) is 5.54. The predicted molar refractivity (Wildman–Crippen MR) is 77.2 cm³/mol. The standard InChI is InChI=1S/C14H19N3OS/c1-8(2)6-7-11-16-14(18-17-11)12-9-4-3-5-10(9)19-13(12)15/h8H,3-7,15H2,1-2H3. The van der Waals surface area contributed by atoms with Crippen LogP contribution >= 0.6 is 11.3 Å². The van der Waals surface area contributed by atoms with E-state index in [0.717, 1.165) is 42.1 Å². The average molecular weight is 277 g/mol. The lowest BCUT2D eigenvalue weighted by Crippen LogP contribution is -1.94. The fourth-order valence-electron chi connectivity index (χ4n) is 2.53. The zero-order chi connectivity index (χ0) is 13.4. The molecule has 0 aliphatic heterocycles. The molecule has 3 rings (SSSR count). The molecule has 1 aliphatic rings. The van der Waals surface area contributed by atoms with E-state index in [1.54, 1.807) is 11.3 Å². The van der Waals surface area contributed by atoms with Crippen LogP contribution in [-0.4, -0.2) is 10.1 Å². The molecular weight excluding hydrogens is 258 g/mol. The number of hydrogen-bond acceptors (Lipinski definition) is 5. The fourth-order valence-corrected chi connectivity index (χ4v) is 3.69. The van der Waals surface area contributed by atoms with Gasteiger partial charge in [-0.1, -0.05) is 19.0 Å². The molecule has 19 heavy (non-hydrogen) atoms. The van der Waals surface area contributed by atoms with Gasteiger partial charge in [0.2, 0.25) is 0 Å². The van der Waals surface area contributed by atoms with E-state index in [-0.39, 0.29) is 0 Å². The molecule has 0 aromatic carbocycles. The van der Waals surface area contributed by atoms with Crippen molar-refractivity contribution in [1.82, 2.24) is 10.1 Å². The van der Waals surface area contributed by atoms with Crippen LogP contribution in [0.15, 0.2) is 4.52 Å². The van der Waals surface area contributed by atoms with Crippen molar-refractivity contribution in [3.63, 3.8) is 0 Å². The maximum absolute atomic E-state index is 6.11. The minimum Gasteiger partial charge on any atom is -0.390 e. The van der Waals surface area contributed by atoms with Crippen molar-refractivity contribution in [2.24, 2.45) is 5.92 Å². The molecule has 2 N–H and O–H groups in total. The zero-order valence-corrected chi connectivity index (χ0v) is 12.2. The Labute approximate surface area is 117 Å². The number of aromatic nitrogens is 2. The lowest BCUT2D eigenvalue weighted by molar-refractivity contribution is 0.419. The van der Waals surface area contributed by atoms with E-state index in [2.05, 4.69) is 24.0 Å². The van der Waals surface area contributed by atoms with Gasteiger partial charge in [0.05, 0.1) is 10.6 Å². The van der Waals surface area contributed by atoms with Crippen LogP contribution in [0.4, 0.5) is 5.00 Å². The summed E-state index contributed by atoms with van der Waals surface area (Å²) in [5, 5.41) is 4.90. The summed E-state index contributed by atoms with van der Waals surface area (Å²) < 4.78 is 5.41. The van der Waals surface area contributed by atoms with Crippen molar-refractivity contribution in [3.05, 3.63) is 16.3 Å². The molecule has 2 heterocycles. The topological polar surface area (TPSA) is 64.9 Å². The molecular formula is C14H19N3OS. The second kappa shape index (κ2) is 4.96. The Morgan fingerprint density at radius 1 is 1.37 bits per heavy atom. The van der Waals surface area contributed by atoms with E-state index in [0.29, 0.717) is 11.8 Å². The molecule has 2 aromatic rings. The Morgan fingerprint density at radius 3 is 3.00 bits per heavy atom. The Morgan fingerprint density at radius 2 is 2.21 bits per heavy atom. The van der Waals surface area contributed by atoms with Crippen LogP contribution in [0.2, 0.25) is 0 Å². The molecule has 0 bridgehead atoms. The summed E-state index contributed by atoms with van der Waals surface area (Å²) in [6.07, 6.45) is 5.38. The fraction of sp³-hybridized carbons (Fsp3) is 0.571. The first-order chi connectivity index (χ1) is 9.15. The van der Waals surface area contributed by atoms with Crippen molar-refractivity contribution in [2.45, 2.75) is 46.0 Å². The van der Waals surface area contributed by atoms with Gasteiger partial charge < -0.3 is 10.3 Å². The minimum absolute atomic E-state index is 0.607. The molecule has 102 valence electrons. The molecule has 4 nitrogen and oxygen atoms in total. The van der Waals surface area contributed by atoms with Gasteiger partial charge in [-0.05, 0) is 37.2 Å². The number of anilines is 1. The average Bonchev–Trinajstić information content (AvgIpc) is 3.01. The number of thiophene rings is 1. The third-order valence-electron chi connectivity index (χ3n) is 3.58. The third-order valence-corrected chi connectivity index (χ3v) is 4.70. The Kier molecular flexibility index (Phi) is 3.31. The highest BCUT2D eigenvalue weighted by atomic mass is 32.1. The molecule has 2 aromatic heterocycles. The summed E-state index contributed by atoms with van der Waals surface area (Å²) in [6.45, 7) is 4.40. The van der Waals surface area contributed by atoms with Gasteiger partial charge in [0, 0.05) is 11.3 Å². The second-order valence-corrected chi connectivity index (χ2v) is 6.68. The highest BCUT2D eigenvalue weighted by molar-refractivity contribution is 7.16. The van der Waals surface area contributed by atoms with Crippen LogP contribution in [0.3, 0.4) is 0 Å². The number of hydrogen-bond donors (Lipinski definition) is 1. The van der Waals surface area contributed by atoms with Crippen LogP contribution < -0.4 is 5.73 Å². The molecule has 0 saturated carbocycles. The van der Waals surface area contributed by atoms with Gasteiger partial charge in [0.15, 0.2) is 5.82 Å². The Balaban J connectivity index is 1.87. The normalized spacial score (nSPS) is 14.3. The van der Waals surface area contributed by atoms with Crippen LogP contribution in [0.5, 0.6) is 0 Å². The molecule has 1 aliphatic carbocycles. The maximum atomic E-state index is 6.11. The van der Waals surface area contributed by atoms with Gasteiger partial charge in [0.25, 0.3) is 5.89 Å². The first kappa shape index (κ1) is 12.7. The minimum atomic E-state index is 0.607. The summed E-state index contributed by atoms with van der Waals surface area (Å²) in [7, 11) is 0. The summed E-state index contributed by atoms with van der Waals surface area (Å²) in [5.74, 6) is 2.05. The molecule has 0 atom stereocenters. The molecule has 0 amide bonds. The van der Waals surface area contributed by atoms with E-state index in [1.165, 1.54) is 16.9 Å². The third kappa shape index (κ3) is 2.39. The number of aryl methyl sites for hydroxylation is 2. The monoisotopic (exact) mass is 277 g/mol. The summed E-state index contributed by atoms with van der Waals surface area (Å²) >= 11 is 1.68. The van der Waals surface area contributed by atoms with Gasteiger partial charge in [-0.2, -0.15) is 4.98 Å². The first-order valence-corrected chi connectivity index (χ1v) is 7.69. The van der Waals surface area contributed by atoms with Crippen molar-refractivity contribution < 1.29 is 4.52 Å². The van der Waals surface area contributed by atoms with E-state index in [9.17, 15) is 0 Å². The van der Waals surface area contributed by atoms with Gasteiger partial charge in [-0.15, -0.1) is 11.3 Å². The molecule has 0 spiro atoms. The summed E-state index contributed by atoms with van der Waals surface area (Å²) in [5.41, 5.74) is 8.44. The van der Waals surface area contributed by atoms with Crippen molar-refractivity contribution in [3.8, 4) is 11.5 Å². The highest BCUT2D eigenvalue weighted by Crippen LogP contribution is 2.42. The maximum Gasteiger partial charge on any atom is 0.261 e. The molecule has 0 unspecified atom stereocenters. The smallest absolute Gasteiger partial charge is 0.261 e. The number of fused-ring (bicyclic) bond motifs is 1. The molecule has 0 saturated heterocycles. The van der Waals surface area contributed by atoms with Gasteiger partial charge >= 0.3 is 0 Å². The molecule has 5 heteroatoms. The number of nitrogens with two attached hydrogens (primary N) is 1. The molecule has 0 fully saturated rings. The number of rotatable bonds is 4. The largest absolute Gasteiger partial charge is 0.390 e. The van der Waals surface area contributed by atoms with E-state index >= 15 is 0 Å². The van der Waals surface area contributed by atoms with Crippen LogP contribution in [0.1, 0.15) is 43.0 Å². The summed E-state index contributed by atoms with van der Waals surface area (Å²) in [6, 6.07) is 0. The highest BCUT2D eigenvalue weighted by Gasteiger charge is 2.25. The Hall–Kier alpha value is -1.36. The molecule has 0 radical (unpaired) electrons. The van der Waals surface area contributed by atoms with Crippen molar-refractivity contribution in [1.29, 1.82) is 0 Å². The van der Waals surface area contributed by atoms with Crippen molar-refractivity contribution in [2.75, 3.05) is 5.73 Å². The van der Waals surface area contributed by atoms with Gasteiger partial charge in [-0.3, -0.25) is 0 Å². The van der Waals surface area contributed by atoms with Crippen LogP contribution in [0.25, 0.3) is 11.5 Å². The van der Waals surface area contributed by atoms with E-state index in [1.807, 2.05) is 0 Å². The lowest BCUT2D eigenvalue weighted by atomic mass is 10.1. The van der Waals surface area contributed by atoms with Crippen LogP contribution in [0, 0.1) is 5.92 Å².